The summed E-state index contributed by atoms with van der Waals surface area (Å²) in [7, 11) is 0. The van der Waals surface area contributed by atoms with E-state index in [1.807, 2.05) is 12.1 Å². The molecule has 0 aliphatic carbocycles. The second-order valence-electron chi connectivity index (χ2n) is 6.32. The van der Waals surface area contributed by atoms with Crippen molar-refractivity contribution in [2.24, 2.45) is 0 Å². The van der Waals surface area contributed by atoms with Gasteiger partial charge in [-0.15, -0.1) is 0 Å². The van der Waals surface area contributed by atoms with E-state index in [1.165, 1.54) is 0 Å². The molecule has 1 N–H and O–H groups in total. The average Bonchev–Trinajstić information content (AvgIpc) is 2.79. The van der Waals surface area contributed by atoms with Gasteiger partial charge in [-0.2, -0.15) is 4.98 Å². The lowest BCUT2D eigenvalue weighted by Crippen LogP contribution is -2.25. The Morgan fingerprint density at radius 3 is 3.00 bits per heavy atom. The van der Waals surface area contributed by atoms with Crippen LogP contribution in [0, 0.1) is 0 Å². The zero-order valence-corrected chi connectivity index (χ0v) is 14.1. The van der Waals surface area contributed by atoms with Crippen LogP contribution in [0.4, 0.5) is 5.82 Å². The van der Waals surface area contributed by atoms with E-state index in [0.717, 1.165) is 63.9 Å². The number of carbonyl (C=O) groups excluding carboxylic acids is 1. The van der Waals surface area contributed by atoms with Gasteiger partial charge in [-0.1, -0.05) is 0 Å². The predicted octanol–water partition coefficient (Wildman–Crippen LogP) is 2.71. The summed E-state index contributed by atoms with van der Waals surface area (Å²) in [5.74, 6) is 1.25. The summed E-state index contributed by atoms with van der Waals surface area (Å²) in [6, 6.07) is 3.88. The highest BCUT2D eigenvalue weighted by molar-refractivity contribution is 5.91. The molecule has 1 fully saturated rings. The summed E-state index contributed by atoms with van der Waals surface area (Å²) < 4.78 is 16.9. The number of aromatic nitrogens is 1. The first kappa shape index (κ1) is 17.2. The van der Waals surface area contributed by atoms with Crippen LogP contribution in [-0.2, 0) is 20.7 Å². The van der Waals surface area contributed by atoms with Crippen molar-refractivity contribution in [1.82, 2.24) is 4.98 Å². The van der Waals surface area contributed by atoms with E-state index in [4.69, 9.17) is 14.2 Å². The second kappa shape index (κ2) is 8.99. The first-order chi connectivity index (χ1) is 11.8. The Balaban J connectivity index is 1.35. The minimum atomic E-state index is 0.0299. The van der Waals surface area contributed by atoms with Crippen LogP contribution in [0.5, 0.6) is 5.88 Å². The number of carbonyl (C=O) groups is 1. The Labute approximate surface area is 142 Å². The van der Waals surface area contributed by atoms with E-state index in [2.05, 4.69) is 10.3 Å². The lowest BCUT2D eigenvalue weighted by Gasteiger charge is -2.22. The lowest BCUT2D eigenvalue weighted by atomic mass is 10.1. The summed E-state index contributed by atoms with van der Waals surface area (Å²) >= 11 is 0. The molecule has 0 spiro atoms. The normalized spacial score (nSPS) is 20.8. The molecule has 132 valence electrons. The molecular formula is C18H26N2O4. The van der Waals surface area contributed by atoms with Gasteiger partial charge in [0, 0.05) is 25.7 Å². The topological polar surface area (TPSA) is 69.7 Å². The van der Waals surface area contributed by atoms with Crippen molar-refractivity contribution in [3.63, 3.8) is 0 Å². The van der Waals surface area contributed by atoms with Crippen LogP contribution in [0.3, 0.4) is 0 Å². The van der Waals surface area contributed by atoms with E-state index < -0.39 is 0 Å². The molecule has 0 saturated carbocycles. The van der Waals surface area contributed by atoms with Crippen molar-refractivity contribution in [3.8, 4) is 5.88 Å². The van der Waals surface area contributed by atoms with Gasteiger partial charge in [0.05, 0.1) is 19.3 Å². The Bertz CT molecular complexity index is 544. The monoisotopic (exact) mass is 334 g/mol. The first-order valence-corrected chi connectivity index (χ1v) is 8.93. The van der Waals surface area contributed by atoms with Crippen LogP contribution in [0.1, 0.15) is 44.1 Å². The number of rotatable bonds is 7. The van der Waals surface area contributed by atoms with Gasteiger partial charge >= 0.3 is 0 Å². The standard InChI is InChI=1S/C18H26N2O4/c21-16-7-3-5-14-8-9-17(20-18(14)19-16)24-12-2-1-11-23-15-6-4-10-22-13-15/h8-9,15H,1-7,10-13H2,(H,19,20,21). The van der Waals surface area contributed by atoms with Crippen LogP contribution in [0.25, 0.3) is 0 Å². The van der Waals surface area contributed by atoms with E-state index in [9.17, 15) is 4.79 Å². The van der Waals surface area contributed by atoms with E-state index >= 15 is 0 Å². The quantitative estimate of drug-likeness (QED) is 0.777. The van der Waals surface area contributed by atoms with Crippen molar-refractivity contribution in [1.29, 1.82) is 0 Å². The summed E-state index contributed by atoms with van der Waals surface area (Å²) in [6.45, 7) is 2.93. The third-order valence-corrected chi connectivity index (χ3v) is 4.32. The van der Waals surface area contributed by atoms with Crippen LogP contribution < -0.4 is 10.1 Å². The number of pyridine rings is 1. The fourth-order valence-electron chi connectivity index (χ4n) is 2.97. The predicted molar refractivity (Wildman–Crippen MR) is 90.3 cm³/mol. The molecule has 3 heterocycles. The maximum absolute atomic E-state index is 11.6. The summed E-state index contributed by atoms with van der Waals surface area (Å²) in [5.41, 5.74) is 1.08. The Morgan fingerprint density at radius 1 is 1.21 bits per heavy atom. The Hall–Kier alpha value is -1.66. The van der Waals surface area contributed by atoms with Gasteiger partial charge in [-0.25, -0.2) is 0 Å². The zero-order chi connectivity index (χ0) is 16.6. The molecule has 2 aliphatic rings. The van der Waals surface area contributed by atoms with Gasteiger partial charge in [0.25, 0.3) is 0 Å². The molecule has 2 aliphatic heterocycles. The summed E-state index contributed by atoms with van der Waals surface area (Å²) in [4.78, 5) is 16.0. The number of aryl methyl sites for hydroxylation is 1. The van der Waals surface area contributed by atoms with Crippen LogP contribution in [-0.4, -0.2) is 43.4 Å². The SMILES string of the molecule is O=C1CCCc2ccc(OCCCCOC3CCCOC3)nc2N1. The Kier molecular flexibility index (Phi) is 6.43. The summed E-state index contributed by atoms with van der Waals surface area (Å²) in [6.07, 6.45) is 6.62. The minimum absolute atomic E-state index is 0.0299. The number of fused-ring (bicyclic) bond motifs is 1. The fourth-order valence-corrected chi connectivity index (χ4v) is 2.97. The number of unbranched alkanes of at least 4 members (excludes halogenated alkanes) is 1. The third-order valence-electron chi connectivity index (χ3n) is 4.32. The first-order valence-electron chi connectivity index (χ1n) is 8.93. The Morgan fingerprint density at radius 2 is 2.12 bits per heavy atom. The minimum Gasteiger partial charge on any atom is -0.478 e. The highest BCUT2D eigenvalue weighted by Crippen LogP contribution is 2.23. The molecule has 1 aromatic heterocycles. The molecule has 1 atom stereocenters. The molecule has 0 bridgehead atoms. The number of nitrogens with one attached hydrogen (secondary N) is 1. The molecule has 1 amide bonds. The van der Waals surface area contributed by atoms with Crippen molar-refractivity contribution >= 4 is 11.7 Å². The smallest absolute Gasteiger partial charge is 0.225 e. The van der Waals surface area contributed by atoms with Crippen LogP contribution in [0.2, 0.25) is 0 Å². The number of ether oxygens (including phenoxy) is 3. The average molecular weight is 334 g/mol. The highest BCUT2D eigenvalue weighted by Gasteiger charge is 2.15. The molecular weight excluding hydrogens is 308 g/mol. The van der Waals surface area contributed by atoms with E-state index in [1.54, 1.807) is 0 Å². The molecule has 0 radical (unpaired) electrons. The van der Waals surface area contributed by atoms with Crippen molar-refractivity contribution in [3.05, 3.63) is 17.7 Å². The van der Waals surface area contributed by atoms with Crippen LogP contribution in [0.15, 0.2) is 12.1 Å². The van der Waals surface area contributed by atoms with E-state index in [0.29, 0.717) is 24.7 Å². The molecule has 6 nitrogen and oxygen atoms in total. The van der Waals surface area contributed by atoms with Gasteiger partial charge < -0.3 is 19.5 Å². The third kappa shape index (κ3) is 5.18. The second-order valence-corrected chi connectivity index (χ2v) is 6.32. The summed E-state index contributed by atoms with van der Waals surface area (Å²) in [5, 5.41) is 2.85. The highest BCUT2D eigenvalue weighted by atomic mass is 16.5. The molecule has 1 aromatic rings. The molecule has 1 unspecified atom stereocenters. The van der Waals surface area contributed by atoms with Crippen LogP contribution >= 0.6 is 0 Å². The number of nitrogens with zero attached hydrogens (tertiary/aromatic N) is 1. The van der Waals surface area contributed by atoms with Gasteiger partial charge in [-0.3, -0.25) is 4.79 Å². The lowest BCUT2D eigenvalue weighted by molar-refractivity contribution is -0.116. The van der Waals surface area contributed by atoms with Crippen molar-refractivity contribution in [2.45, 2.75) is 51.0 Å². The zero-order valence-electron chi connectivity index (χ0n) is 14.1. The molecule has 6 heteroatoms. The van der Waals surface area contributed by atoms with Gasteiger partial charge in [-0.05, 0) is 50.2 Å². The molecule has 24 heavy (non-hydrogen) atoms. The van der Waals surface area contributed by atoms with E-state index in [-0.39, 0.29) is 12.0 Å². The van der Waals surface area contributed by atoms with Crippen molar-refractivity contribution in [2.75, 3.05) is 31.7 Å². The fraction of sp³-hybridized carbons (Fsp3) is 0.667. The van der Waals surface area contributed by atoms with Crippen molar-refractivity contribution < 1.29 is 19.0 Å². The number of anilines is 1. The van der Waals surface area contributed by atoms with Gasteiger partial charge in [0.2, 0.25) is 11.8 Å². The maximum Gasteiger partial charge on any atom is 0.225 e. The molecule has 3 rings (SSSR count). The number of hydrogen-bond donors (Lipinski definition) is 1. The van der Waals surface area contributed by atoms with Gasteiger partial charge in [0.1, 0.15) is 5.82 Å². The number of amides is 1. The number of hydrogen-bond acceptors (Lipinski definition) is 5. The largest absolute Gasteiger partial charge is 0.478 e. The molecule has 1 saturated heterocycles. The molecule has 0 aromatic carbocycles. The maximum atomic E-state index is 11.6. The van der Waals surface area contributed by atoms with Gasteiger partial charge in [0.15, 0.2) is 0 Å².